The second kappa shape index (κ2) is 15.0. The highest BCUT2D eigenvalue weighted by atomic mass is 32.2. The summed E-state index contributed by atoms with van der Waals surface area (Å²) in [6, 6.07) is 22.0. The van der Waals surface area contributed by atoms with Crippen molar-refractivity contribution in [3.8, 4) is 0 Å². The standard InChI is InChI=1S/C33H44N4O4S/c1-7-8-20-34-33(39)31(22-28-12-10-9-11-13-28)36(23-29-18-15-25(2)16-19-29)32(38)24-37(42(40,41)35(5)6)30-21-26(3)14-17-27(30)4/h9-19,21,31H,7-8,20,22-24H2,1-6H3,(H,34,39). The summed E-state index contributed by atoms with van der Waals surface area (Å²) in [6.07, 6.45) is 2.03. The third kappa shape index (κ3) is 8.66. The van der Waals surface area contributed by atoms with Gasteiger partial charge in [0.1, 0.15) is 12.6 Å². The van der Waals surface area contributed by atoms with Crippen molar-refractivity contribution in [2.24, 2.45) is 0 Å². The number of nitrogens with one attached hydrogen (secondary N) is 1. The Labute approximate surface area is 251 Å². The lowest BCUT2D eigenvalue weighted by Crippen LogP contribution is -2.54. The molecule has 1 N–H and O–H groups in total. The highest BCUT2D eigenvalue weighted by Crippen LogP contribution is 2.26. The molecule has 9 heteroatoms. The molecule has 42 heavy (non-hydrogen) atoms. The summed E-state index contributed by atoms with van der Waals surface area (Å²) in [5, 5.41) is 3.01. The lowest BCUT2D eigenvalue weighted by atomic mass is 10.0. The molecule has 0 bridgehead atoms. The van der Waals surface area contributed by atoms with Crippen LogP contribution in [-0.2, 0) is 32.8 Å². The van der Waals surface area contributed by atoms with Crippen molar-refractivity contribution in [1.82, 2.24) is 14.5 Å². The van der Waals surface area contributed by atoms with Crippen molar-refractivity contribution in [2.75, 3.05) is 31.5 Å². The summed E-state index contributed by atoms with van der Waals surface area (Å²) in [7, 11) is -1.15. The largest absolute Gasteiger partial charge is 0.354 e. The quantitative estimate of drug-likeness (QED) is 0.273. The normalized spacial score (nSPS) is 12.2. The first kappa shape index (κ1) is 32.8. The average Bonchev–Trinajstić information content (AvgIpc) is 2.96. The average molecular weight is 593 g/mol. The summed E-state index contributed by atoms with van der Waals surface area (Å²) in [4.78, 5) is 29.6. The Bertz CT molecular complexity index is 1440. The molecule has 0 saturated heterocycles. The van der Waals surface area contributed by atoms with Crippen molar-refractivity contribution in [3.63, 3.8) is 0 Å². The van der Waals surface area contributed by atoms with Gasteiger partial charge in [0.25, 0.3) is 0 Å². The highest BCUT2D eigenvalue weighted by Gasteiger charge is 2.35. The molecule has 0 aromatic heterocycles. The SMILES string of the molecule is CCCCNC(=O)C(Cc1ccccc1)N(Cc1ccc(C)cc1)C(=O)CN(c1cc(C)ccc1C)S(=O)(=O)N(C)C. The number of rotatable bonds is 14. The molecule has 3 aromatic rings. The molecule has 0 radical (unpaired) electrons. The van der Waals surface area contributed by atoms with Crippen LogP contribution >= 0.6 is 0 Å². The molecule has 2 amide bonds. The number of hydrogen-bond acceptors (Lipinski definition) is 4. The van der Waals surface area contributed by atoms with Gasteiger partial charge < -0.3 is 10.2 Å². The molecule has 0 spiro atoms. The van der Waals surface area contributed by atoms with Gasteiger partial charge in [0.2, 0.25) is 11.8 Å². The van der Waals surface area contributed by atoms with E-state index < -0.39 is 28.7 Å². The first-order valence-corrected chi connectivity index (χ1v) is 15.8. The van der Waals surface area contributed by atoms with Gasteiger partial charge in [-0.2, -0.15) is 12.7 Å². The highest BCUT2D eigenvalue weighted by molar-refractivity contribution is 7.90. The topological polar surface area (TPSA) is 90.0 Å². The number of carbonyl (C=O) groups excluding carboxylic acids is 2. The van der Waals surface area contributed by atoms with Crippen LogP contribution in [0.2, 0.25) is 0 Å². The number of anilines is 1. The summed E-state index contributed by atoms with van der Waals surface area (Å²) in [5.74, 6) is -0.727. The van der Waals surface area contributed by atoms with E-state index in [1.807, 2.05) is 94.4 Å². The van der Waals surface area contributed by atoms with Crippen LogP contribution in [0.3, 0.4) is 0 Å². The summed E-state index contributed by atoms with van der Waals surface area (Å²) < 4.78 is 29.5. The lowest BCUT2D eigenvalue weighted by Gasteiger charge is -2.35. The van der Waals surface area contributed by atoms with E-state index in [4.69, 9.17) is 0 Å². The number of benzene rings is 3. The summed E-state index contributed by atoms with van der Waals surface area (Å²) in [5.41, 5.74) is 4.86. The molecule has 0 fully saturated rings. The Kier molecular flexibility index (Phi) is 11.7. The molecule has 0 saturated carbocycles. The Morgan fingerprint density at radius 2 is 1.50 bits per heavy atom. The number of nitrogens with zero attached hydrogens (tertiary/aromatic N) is 3. The van der Waals surface area contributed by atoms with Crippen molar-refractivity contribution in [2.45, 2.75) is 59.5 Å². The van der Waals surface area contributed by atoms with Crippen LogP contribution < -0.4 is 9.62 Å². The van der Waals surface area contributed by atoms with Gasteiger partial charge in [0, 0.05) is 33.6 Å². The Morgan fingerprint density at radius 1 is 0.857 bits per heavy atom. The predicted molar refractivity (Wildman–Crippen MR) is 169 cm³/mol. The first-order valence-electron chi connectivity index (χ1n) is 14.4. The van der Waals surface area contributed by atoms with Crippen LogP contribution in [0.15, 0.2) is 72.8 Å². The molecule has 0 aliphatic rings. The first-order chi connectivity index (χ1) is 19.9. The molecule has 0 aliphatic carbocycles. The van der Waals surface area contributed by atoms with Gasteiger partial charge in [-0.25, -0.2) is 4.31 Å². The van der Waals surface area contributed by atoms with E-state index in [1.54, 1.807) is 6.07 Å². The lowest BCUT2D eigenvalue weighted by molar-refractivity contribution is -0.140. The fourth-order valence-corrected chi connectivity index (χ4v) is 5.75. The van der Waals surface area contributed by atoms with Crippen molar-refractivity contribution < 1.29 is 18.0 Å². The van der Waals surface area contributed by atoms with Gasteiger partial charge in [-0.05, 0) is 55.5 Å². The Morgan fingerprint density at radius 3 is 2.12 bits per heavy atom. The van der Waals surface area contributed by atoms with Crippen molar-refractivity contribution >= 4 is 27.7 Å². The van der Waals surface area contributed by atoms with Gasteiger partial charge in [0.15, 0.2) is 0 Å². The van der Waals surface area contributed by atoms with Gasteiger partial charge in [-0.3, -0.25) is 9.59 Å². The molecule has 0 heterocycles. The maximum atomic E-state index is 14.4. The van der Waals surface area contributed by atoms with E-state index in [0.29, 0.717) is 18.7 Å². The molecule has 8 nitrogen and oxygen atoms in total. The third-order valence-corrected chi connectivity index (χ3v) is 9.03. The summed E-state index contributed by atoms with van der Waals surface area (Å²) in [6.45, 7) is 7.93. The van der Waals surface area contributed by atoms with Gasteiger partial charge in [-0.15, -0.1) is 0 Å². The van der Waals surface area contributed by atoms with Crippen LogP contribution in [0.25, 0.3) is 0 Å². The zero-order valence-electron chi connectivity index (χ0n) is 25.6. The molecule has 1 atom stereocenters. The minimum Gasteiger partial charge on any atom is -0.354 e. The maximum absolute atomic E-state index is 14.4. The monoisotopic (exact) mass is 592 g/mol. The molecule has 226 valence electrons. The fraction of sp³-hybridized carbons (Fsp3) is 0.394. The van der Waals surface area contributed by atoms with Gasteiger partial charge in [-0.1, -0.05) is 85.6 Å². The molecular weight excluding hydrogens is 548 g/mol. The van der Waals surface area contributed by atoms with Crippen LogP contribution in [0.4, 0.5) is 5.69 Å². The van der Waals surface area contributed by atoms with E-state index in [0.717, 1.165) is 49.3 Å². The molecular formula is C33H44N4O4S. The van der Waals surface area contributed by atoms with Crippen LogP contribution in [0.1, 0.15) is 47.6 Å². The second-order valence-electron chi connectivity index (χ2n) is 10.9. The molecule has 1 unspecified atom stereocenters. The number of aryl methyl sites for hydroxylation is 3. The minimum absolute atomic E-state index is 0.153. The zero-order valence-corrected chi connectivity index (χ0v) is 26.4. The van der Waals surface area contributed by atoms with Crippen molar-refractivity contribution in [1.29, 1.82) is 0 Å². The maximum Gasteiger partial charge on any atom is 0.304 e. The smallest absolute Gasteiger partial charge is 0.304 e. The van der Waals surface area contributed by atoms with Crippen molar-refractivity contribution in [3.05, 3.63) is 101 Å². The fourth-order valence-electron chi connectivity index (χ4n) is 4.64. The molecule has 0 aliphatic heterocycles. The number of carbonyl (C=O) groups is 2. The van der Waals surface area contributed by atoms with E-state index in [1.165, 1.54) is 19.0 Å². The second-order valence-corrected chi connectivity index (χ2v) is 13.0. The predicted octanol–water partition coefficient (Wildman–Crippen LogP) is 4.78. The minimum atomic E-state index is -4.04. The number of amides is 2. The zero-order chi connectivity index (χ0) is 30.9. The van der Waals surface area contributed by atoms with E-state index in [-0.39, 0.29) is 12.5 Å². The number of hydrogen-bond donors (Lipinski definition) is 1. The van der Waals surface area contributed by atoms with E-state index in [9.17, 15) is 18.0 Å². The number of unbranched alkanes of at least 4 members (excludes halogenated alkanes) is 1. The van der Waals surface area contributed by atoms with Gasteiger partial charge >= 0.3 is 10.2 Å². The summed E-state index contributed by atoms with van der Waals surface area (Å²) >= 11 is 0. The molecule has 3 aromatic carbocycles. The van der Waals surface area contributed by atoms with Gasteiger partial charge in [0.05, 0.1) is 5.69 Å². The Balaban J connectivity index is 2.10. The van der Waals surface area contributed by atoms with Crippen LogP contribution in [0.5, 0.6) is 0 Å². The third-order valence-electron chi connectivity index (χ3n) is 7.23. The van der Waals surface area contributed by atoms with E-state index >= 15 is 0 Å². The van der Waals surface area contributed by atoms with Crippen LogP contribution in [0, 0.1) is 20.8 Å². The Hall–Kier alpha value is -3.69. The van der Waals surface area contributed by atoms with E-state index in [2.05, 4.69) is 5.32 Å². The molecule has 3 rings (SSSR count). The van der Waals surface area contributed by atoms with Crippen LogP contribution in [-0.4, -0.2) is 62.7 Å².